The van der Waals surface area contributed by atoms with E-state index in [4.69, 9.17) is 11.6 Å². The summed E-state index contributed by atoms with van der Waals surface area (Å²) in [6.45, 7) is 5.28. The standard InChI is InChI=1S/C19H20ClNO/c1-16(18-12-6-3-7-13-18)9-8-14-21(19(20)22)15-17-10-4-2-5-11-17/h2-7,10-13H,1,8-9,14-15H2. The smallest absolute Gasteiger partial charge is 0.316 e. The molecule has 0 radical (unpaired) electrons. The van der Waals surface area contributed by atoms with Gasteiger partial charge in [-0.05, 0) is 41.1 Å². The zero-order valence-electron chi connectivity index (χ0n) is 12.5. The number of hydrogen-bond donors (Lipinski definition) is 0. The lowest BCUT2D eigenvalue weighted by Gasteiger charge is -2.20. The second kappa shape index (κ2) is 8.40. The number of halogens is 1. The van der Waals surface area contributed by atoms with E-state index in [1.54, 1.807) is 4.90 Å². The van der Waals surface area contributed by atoms with Crippen molar-refractivity contribution in [3.8, 4) is 0 Å². The van der Waals surface area contributed by atoms with E-state index in [0.717, 1.165) is 29.5 Å². The van der Waals surface area contributed by atoms with Crippen LogP contribution >= 0.6 is 11.6 Å². The van der Waals surface area contributed by atoms with Crippen LogP contribution in [0.2, 0.25) is 0 Å². The van der Waals surface area contributed by atoms with Crippen LogP contribution in [0.4, 0.5) is 4.79 Å². The van der Waals surface area contributed by atoms with Crippen LogP contribution in [0.5, 0.6) is 0 Å². The highest BCUT2D eigenvalue weighted by atomic mass is 35.5. The van der Waals surface area contributed by atoms with Gasteiger partial charge < -0.3 is 4.90 Å². The Morgan fingerprint density at radius 1 is 1.00 bits per heavy atom. The first-order valence-corrected chi connectivity index (χ1v) is 7.76. The van der Waals surface area contributed by atoms with E-state index in [1.807, 2.05) is 48.5 Å². The molecule has 2 aromatic carbocycles. The number of nitrogens with zero attached hydrogens (tertiary/aromatic N) is 1. The molecular weight excluding hydrogens is 294 g/mol. The molecule has 0 aromatic heterocycles. The Morgan fingerprint density at radius 3 is 2.18 bits per heavy atom. The van der Waals surface area contributed by atoms with Crippen LogP contribution < -0.4 is 0 Å². The molecule has 0 fully saturated rings. The number of carbonyl (C=O) groups is 1. The normalized spacial score (nSPS) is 10.2. The van der Waals surface area contributed by atoms with E-state index in [9.17, 15) is 4.79 Å². The van der Waals surface area contributed by atoms with Crippen molar-refractivity contribution in [3.63, 3.8) is 0 Å². The maximum Gasteiger partial charge on any atom is 0.316 e. The summed E-state index contributed by atoms with van der Waals surface area (Å²) in [5.41, 5.74) is 3.31. The predicted molar refractivity (Wildman–Crippen MR) is 92.8 cm³/mol. The van der Waals surface area contributed by atoms with E-state index in [0.29, 0.717) is 13.1 Å². The topological polar surface area (TPSA) is 20.3 Å². The molecule has 0 bridgehead atoms. The van der Waals surface area contributed by atoms with Crippen LogP contribution in [-0.2, 0) is 6.54 Å². The lowest BCUT2D eigenvalue weighted by molar-refractivity contribution is 0.219. The minimum Gasteiger partial charge on any atom is -0.325 e. The molecule has 0 spiro atoms. The van der Waals surface area contributed by atoms with Gasteiger partial charge in [0.15, 0.2) is 0 Å². The number of carbonyl (C=O) groups excluding carboxylic acids is 1. The SMILES string of the molecule is C=C(CCCN(Cc1ccccc1)C(=O)Cl)c1ccccc1. The maximum atomic E-state index is 11.6. The zero-order valence-corrected chi connectivity index (χ0v) is 13.3. The molecule has 0 aliphatic heterocycles. The average molecular weight is 314 g/mol. The Balaban J connectivity index is 1.85. The summed E-state index contributed by atoms with van der Waals surface area (Å²) in [4.78, 5) is 13.2. The number of allylic oxidation sites excluding steroid dienone is 1. The molecule has 22 heavy (non-hydrogen) atoms. The van der Waals surface area contributed by atoms with Gasteiger partial charge in [-0.1, -0.05) is 67.2 Å². The van der Waals surface area contributed by atoms with E-state index in [2.05, 4.69) is 18.7 Å². The molecule has 2 rings (SSSR count). The van der Waals surface area contributed by atoms with Gasteiger partial charge in [0.1, 0.15) is 0 Å². The van der Waals surface area contributed by atoms with Crippen LogP contribution in [0.1, 0.15) is 24.0 Å². The molecular formula is C19H20ClNO. The van der Waals surface area contributed by atoms with Crippen LogP contribution in [0.25, 0.3) is 5.57 Å². The molecule has 0 aliphatic carbocycles. The third kappa shape index (κ3) is 5.05. The molecule has 0 aliphatic rings. The molecule has 114 valence electrons. The molecule has 0 heterocycles. The molecule has 2 aromatic rings. The highest BCUT2D eigenvalue weighted by molar-refractivity contribution is 6.62. The minimum atomic E-state index is -0.408. The third-order valence-electron chi connectivity index (χ3n) is 3.55. The Morgan fingerprint density at radius 2 is 1.59 bits per heavy atom. The third-order valence-corrected chi connectivity index (χ3v) is 3.79. The first kappa shape index (κ1) is 16.3. The summed E-state index contributed by atoms with van der Waals surface area (Å²) in [5.74, 6) is 0. The lowest BCUT2D eigenvalue weighted by Crippen LogP contribution is -2.26. The van der Waals surface area contributed by atoms with E-state index in [-0.39, 0.29) is 0 Å². The van der Waals surface area contributed by atoms with Crippen molar-refractivity contribution in [2.75, 3.05) is 6.54 Å². The van der Waals surface area contributed by atoms with Gasteiger partial charge in [-0.3, -0.25) is 4.79 Å². The Hall–Kier alpha value is -2.06. The quantitative estimate of drug-likeness (QED) is 0.499. The van der Waals surface area contributed by atoms with Crippen molar-refractivity contribution >= 4 is 22.5 Å². The minimum absolute atomic E-state index is 0.408. The molecule has 1 amide bonds. The first-order chi connectivity index (χ1) is 10.7. The molecule has 0 saturated heterocycles. The van der Waals surface area contributed by atoms with Crippen LogP contribution in [0, 0.1) is 0 Å². The zero-order chi connectivity index (χ0) is 15.8. The summed E-state index contributed by atoms with van der Waals surface area (Å²) in [7, 11) is 0. The van der Waals surface area contributed by atoms with Crippen LogP contribution in [0.3, 0.4) is 0 Å². The van der Waals surface area contributed by atoms with Crippen molar-refractivity contribution in [1.82, 2.24) is 4.90 Å². The largest absolute Gasteiger partial charge is 0.325 e. The van der Waals surface area contributed by atoms with Gasteiger partial charge >= 0.3 is 5.37 Å². The maximum absolute atomic E-state index is 11.6. The second-order valence-corrected chi connectivity index (χ2v) is 5.56. The Bertz CT molecular complexity index is 610. The van der Waals surface area contributed by atoms with Gasteiger partial charge in [-0.25, -0.2) is 0 Å². The Labute approximate surface area is 137 Å². The van der Waals surface area contributed by atoms with Crippen molar-refractivity contribution in [2.45, 2.75) is 19.4 Å². The fourth-order valence-corrected chi connectivity index (χ4v) is 2.48. The highest BCUT2D eigenvalue weighted by Gasteiger charge is 2.11. The summed E-state index contributed by atoms with van der Waals surface area (Å²) >= 11 is 5.69. The van der Waals surface area contributed by atoms with Gasteiger partial charge in [0.25, 0.3) is 0 Å². The lowest BCUT2D eigenvalue weighted by atomic mass is 10.0. The van der Waals surface area contributed by atoms with E-state index in [1.165, 1.54) is 0 Å². The molecule has 0 saturated carbocycles. The van der Waals surface area contributed by atoms with Gasteiger partial charge in [0.2, 0.25) is 0 Å². The average Bonchev–Trinajstić information content (AvgIpc) is 2.55. The first-order valence-electron chi connectivity index (χ1n) is 7.38. The van der Waals surface area contributed by atoms with Gasteiger partial charge in [-0.15, -0.1) is 0 Å². The highest BCUT2D eigenvalue weighted by Crippen LogP contribution is 2.18. The molecule has 3 heteroatoms. The number of amides is 1. The van der Waals surface area contributed by atoms with Crippen LogP contribution in [-0.4, -0.2) is 16.8 Å². The van der Waals surface area contributed by atoms with E-state index >= 15 is 0 Å². The van der Waals surface area contributed by atoms with Crippen molar-refractivity contribution in [1.29, 1.82) is 0 Å². The van der Waals surface area contributed by atoms with Gasteiger partial charge in [-0.2, -0.15) is 0 Å². The van der Waals surface area contributed by atoms with Gasteiger partial charge in [0, 0.05) is 13.1 Å². The number of hydrogen-bond acceptors (Lipinski definition) is 1. The van der Waals surface area contributed by atoms with Gasteiger partial charge in [0.05, 0.1) is 0 Å². The molecule has 0 unspecified atom stereocenters. The molecule has 2 nitrogen and oxygen atoms in total. The number of rotatable bonds is 7. The predicted octanol–water partition coefficient (Wildman–Crippen LogP) is 5.34. The van der Waals surface area contributed by atoms with Crippen molar-refractivity contribution in [3.05, 3.63) is 78.4 Å². The van der Waals surface area contributed by atoms with Crippen molar-refractivity contribution < 1.29 is 4.79 Å². The summed E-state index contributed by atoms with van der Waals surface area (Å²) in [5, 5.41) is -0.408. The molecule has 0 N–H and O–H groups in total. The summed E-state index contributed by atoms with van der Waals surface area (Å²) in [6, 6.07) is 20.0. The Kier molecular flexibility index (Phi) is 6.23. The van der Waals surface area contributed by atoms with E-state index < -0.39 is 5.37 Å². The fraction of sp³-hybridized carbons (Fsp3) is 0.211. The monoisotopic (exact) mass is 313 g/mol. The summed E-state index contributed by atoms with van der Waals surface area (Å²) in [6.07, 6.45) is 1.69. The summed E-state index contributed by atoms with van der Waals surface area (Å²) < 4.78 is 0. The van der Waals surface area contributed by atoms with Crippen LogP contribution in [0.15, 0.2) is 67.2 Å². The number of benzene rings is 2. The van der Waals surface area contributed by atoms with Crippen molar-refractivity contribution in [2.24, 2.45) is 0 Å². The second-order valence-electron chi connectivity index (χ2n) is 5.23. The molecule has 0 atom stereocenters. The fourth-order valence-electron chi connectivity index (χ4n) is 2.33.